The molecule has 0 spiro atoms. The van der Waals surface area contributed by atoms with Crippen LogP contribution in [0.3, 0.4) is 0 Å². The van der Waals surface area contributed by atoms with Crippen LogP contribution in [0, 0.1) is 0 Å². The Balaban J connectivity index is 1.74. The van der Waals surface area contributed by atoms with Gasteiger partial charge in [-0.05, 0) is 48.9 Å². The molecule has 8 nitrogen and oxygen atoms in total. The van der Waals surface area contributed by atoms with Crippen LogP contribution < -0.4 is 22.5 Å². The summed E-state index contributed by atoms with van der Waals surface area (Å²) in [5.74, 6) is -0.341. The molecular weight excluding hydrogens is 330 g/mol. The highest BCUT2D eigenvalue weighted by Gasteiger charge is 2.10. The predicted octanol–water partition coefficient (Wildman–Crippen LogP) is 2.00. The van der Waals surface area contributed by atoms with Crippen molar-refractivity contribution in [3.63, 3.8) is 0 Å². The number of anilines is 2. The summed E-state index contributed by atoms with van der Waals surface area (Å²) in [5.41, 5.74) is 20.4. The summed E-state index contributed by atoms with van der Waals surface area (Å²) in [5, 5.41) is 11.3. The van der Waals surface area contributed by atoms with Crippen LogP contribution in [0.2, 0.25) is 0 Å². The van der Waals surface area contributed by atoms with Crippen molar-refractivity contribution in [2.24, 2.45) is 21.7 Å². The second-order valence-corrected chi connectivity index (χ2v) is 5.77. The lowest BCUT2D eigenvalue weighted by Crippen LogP contribution is -2.22. The minimum absolute atomic E-state index is 0.103. The maximum absolute atomic E-state index is 12.4. The van der Waals surface area contributed by atoms with E-state index in [2.05, 4.69) is 20.5 Å². The Morgan fingerprint density at radius 2 is 1.77 bits per heavy atom. The first kappa shape index (κ1) is 17.0. The molecule has 0 aliphatic carbocycles. The molecule has 132 valence electrons. The number of guanidine groups is 1. The van der Waals surface area contributed by atoms with Gasteiger partial charge in [-0.2, -0.15) is 5.10 Å². The number of rotatable bonds is 4. The number of amides is 1. The maximum atomic E-state index is 12.4. The molecule has 1 heterocycles. The Morgan fingerprint density at radius 3 is 2.46 bits per heavy atom. The van der Waals surface area contributed by atoms with Crippen molar-refractivity contribution in [3.05, 3.63) is 59.8 Å². The van der Waals surface area contributed by atoms with E-state index in [0.717, 1.165) is 16.5 Å². The minimum Gasteiger partial charge on any atom is -0.399 e. The molecule has 3 rings (SSSR count). The molecule has 3 aromatic rings. The number of carbonyl (C=O) groups is 1. The number of carbonyl (C=O) groups excluding carboxylic acids is 1. The molecule has 0 fully saturated rings. The van der Waals surface area contributed by atoms with E-state index in [9.17, 15) is 4.79 Å². The second-order valence-electron chi connectivity index (χ2n) is 5.77. The molecule has 1 amide bonds. The van der Waals surface area contributed by atoms with Crippen LogP contribution in [0.15, 0.2) is 58.7 Å². The zero-order valence-corrected chi connectivity index (χ0v) is 14.2. The van der Waals surface area contributed by atoms with Crippen LogP contribution in [0.5, 0.6) is 0 Å². The molecule has 0 bridgehead atoms. The van der Waals surface area contributed by atoms with E-state index >= 15 is 0 Å². The smallest absolute Gasteiger partial charge is 0.272 e. The molecule has 26 heavy (non-hydrogen) atoms. The van der Waals surface area contributed by atoms with E-state index in [4.69, 9.17) is 17.2 Å². The average Bonchev–Trinajstić information content (AvgIpc) is 3.03. The first-order chi connectivity index (χ1) is 12.4. The van der Waals surface area contributed by atoms with Crippen molar-refractivity contribution < 1.29 is 4.79 Å². The first-order valence-electron chi connectivity index (χ1n) is 7.85. The van der Waals surface area contributed by atoms with Gasteiger partial charge in [-0.3, -0.25) is 4.79 Å². The summed E-state index contributed by atoms with van der Waals surface area (Å²) >= 11 is 0. The molecule has 2 aromatic carbocycles. The molecule has 0 aliphatic rings. The minimum atomic E-state index is -0.238. The number of hydrogen-bond acceptors (Lipinski definition) is 4. The molecule has 0 aliphatic heterocycles. The van der Waals surface area contributed by atoms with E-state index < -0.39 is 0 Å². The fourth-order valence-corrected chi connectivity index (χ4v) is 2.46. The lowest BCUT2D eigenvalue weighted by atomic mass is 10.1. The number of nitrogens with one attached hydrogen (secondary N) is 2. The van der Waals surface area contributed by atoms with Crippen LogP contribution in [-0.2, 0) is 0 Å². The molecule has 1 aromatic heterocycles. The third kappa shape index (κ3) is 3.81. The van der Waals surface area contributed by atoms with Gasteiger partial charge < -0.3 is 27.5 Å². The third-order valence-electron chi connectivity index (χ3n) is 3.77. The molecule has 8 heteroatoms. The van der Waals surface area contributed by atoms with Crippen molar-refractivity contribution in [3.8, 4) is 0 Å². The molecule has 0 unspecified atom stereocenters. The van der Waals surface area contributed by atoms with Gasteiger partial charge in [0, 0.05) is 22.3 Å². The number of H-pyrrole nitrogens is 1. The van der Waals surface area contributed by atoms with Crippen molar-refractivity contribution >= 4 is 39.9 Å². The summed E-state index contributed by atoms with van der Waals surface area (Å²) in [6, 6.07) is 14.4. The molecule has 0 radical (unpaired) electrons. The van der Waals surface area contributed by atoms with E-state index in [1.807, 2.05) is 24.3 Å². The quantitative estimate of drug-likeness (QED) is 0.212. The molecule has 0 saturated heterocycles. The molecule has 8 N–H and O–H groups in total. The number of nitrogen functional groups attached to an aromatic ring is 1. The normalized spacial score (nSPS) is 11.3. The van der Waals surface area contributed by atoms with Crippen molar-refractivity contribution in [2.75, 3.05) is 11.1 Å². The van der Waals surface area contributed by atoms with Gasteiger partial charge in [-0.1, -0.05) is 12.1 Å². The summed E-state index contributed by atoms with van der Waals surface area (Å²) in [6.07, 6.45) is 0. The Bertz CT molecular complexity index is 1010. The largest absolute Gasteiger partial charge is 0.399 e. The van der Waals surface area contributed by atoms with Crippen molar-refractivity contribution in [1.29, 1.82) is 0 Å². The topological polar surface area (TPSA) is 148 Å². The third-order valence-corrected chi connectivity index (χ3v) is 3.77. The van der Waals surface area contributed by atoms with Gasteiger partial charge in [-0.15, -0.1) is 5.10 Å². The predicted molar refractivity (Wildman–Crippen MR) is 105 cm³/mol. The van der Waals surface area contributed by atoms with Crippen LogP contribution >= 0.6 is 0 Å². The molecule has 0 saturated carbocycles. The van der Waals surface area contributed by atoms with Gasteiger partial charge in [0.05, 0.1) is 5.71 Å². The van der Waals surface area contributed by atoms with Crippen LogP contribution in [0.1, 0.15) is 23.0 Å². The number of aromatic amines is 1. The number of nitrogens with two attached hydrogens (primary N) is 3. The monoisotopic (exact) mass is 349 g/mol. The fourth-order valence-electron chi connectivity index (χ4n) is 2.46. The van der Waals surface area contributed by atoms with Gasteiger partial charge in [0.15, 0.2) is 0 Å². The van der Waals surface area contributed by atoms with Gasteiger partial charge in [-0.25, -0.2) is 0 Å². The first-order valence-corrected chi connectivity index (χ1v) is 7.85. The molecular formula is C18H19N7O. The number of hydrogen-bond donors (Lipinski definition) is 5. The summed E-state index contributed by atoms with van der Waals surface area (Å²) < 4.78 is 0. The van der Waals surface area contributed by atoms with Gasteiger partial charge >= 0.3 is 0 Å². The standard InChI is InChI=1S/C18H19N7O/c1-10(24-25-18(20)21)11-2-5-14(6-3-11)22-17(26)16-9-12-8-13(19)4-7-15(12)23-16/h2-9,23H,19H2,1H3,(H,22,26)(H4,20,21,25)/b24-10-. The highest BCUT2D eigenvalue weighted by atomic mass is 16.1. The highest BCUT2D eigenvalue weighted by Crippen LogP contribution is 2.19. The summed E-state index contributed by atoms with van der Waals surface area (Å²) in [7, 11) is 0. The average molecular weight is 349 g/mol. The van der Waals surface area contributed by atoms with E-state index in [-0.39, 0.29) is 11.9 Å². The van der Waals surface area contributed by atoms with Gasteiger partial charge in [0.25, 0.3) is 5.91 Å². The Kier molecular flexibility index (Phi) is 4.57. The maximum Gasteiger partial charge on any atom is 0.272 e. The second kappa shape index (κ2) is 6.98. The fraction of sp³-hybridized carbons (Fsp3) is 0.0556. The lowest BCUT2D eigenvalue weighted by Gasteiger charge is -2.05. The van der Waals surface area contributed by atoms with Crippen LogP contribution in [0.25, 0.3) is 10.9 Å². The Labute approximate surface area is 149 Å². The summed E-state index contributed by atoms with van der Waals surface area (Å²) in [4.78, 5) is 15.5. The number of fused-ring (bicyclic) bond motifs is 1. The Hall–Kier alpha value is -3.81. The number of nitrogens with zero attached hydrogens (tertiary/aromatic N) is 2. The summed E-state index contributed by atoms with van der Waals surface area (Å²) in [6.45, 7) is 1.79. The van der Waals surface area contributed by atoms with Crippen molar-refractivity contribution in [2.45, 2.75) is 6.92 Å². The Morgan fingerprint density at radius 1 is 1.04 bits per heavy atom. The SMILES string of the molecule is C/C(=N/N=C(N)N)c1ccc(NC(=O)c2cc3cc(N)ccc3[nH]2)cc1. The van der Waals surface area contributed by atoms with E-state index in [1.54, 1.807) is 31.2 Å². The zero-order chi connectivity index (χ0) is 18.7. The van der Waals surface area contributed by atoms with Gasteiger partial charge in [0.2, 0.25) is 5.96 Å². The molecule has 0 atom stereocenters. The lowest BCUT2D eigenvalue weighted by molar-refractivity contribution is 0.102. The van der Waals surface area contributed by atoms with E-state index in [1.165, 1.54) is 0 Å². The van der Waals surface area contributed by atoms with Gasteiger partial charge in [0.1, 0.15) is 5.69 Å². The zero-order valence-electron chi connectivity index (χ0n) is 14.2. The highest BCUT2D eigenvalue weighted by molar-refractivity contribution is 6.06. The van der Waals surface area contributed by atoms with Crippen LogP contribution in [-0.4, -0.2) is 22.6 Å². The van der Waals surface area contributed by atoms with Crippen LogP contribution in [0.4, 0.5) is 11.4 Å². The van der Waals surface area contributed by atoms with Crippen molar-refractivity contribution in [1.82, 2.24) is 4.98 Å². The van der Waals surface area contributed by atoms with E-state index in [0.29, 0.717) is 22.8 Å². The number of benzene rings is 2. The number of aromatic nitrogens is 1.